The highest BCUT2D eigenvalue weighted by Gasteiger charge is 2.19. The van der Waals surface area contributed by atoms with Crippen LogP contribution in [0.3, 0.4) is 0 Å². The van der Waals surface area contributed by atoms with Crippen molar-refractivity contribution >= 4 is 50.8 Å². The quantitative estimate of drug-likeness (QED) is 0.420. The lowest BCUT2D eigenvalue weighted by atomic mass is 10.3. The molecule has 0 radical (unpaired) electrons. The topological polar surface area (TPSA) is 87.2 Å². The largest absolute Gasteiger partial charge is 0.383 e. The number of para-hydroxylation sites is 2. The number of rotatable bonds is 5. The first-order valence-electron chi connectivity index (χ1n) is 8.99. The van der Waals surface area contributed by atoms with E-state index in [2.05, 4.69) is 10.1 Å². The molecule has 144 valence electrons. The second-order valence-corrected chi connectivity index (χ2v) is 7.37. The molecule has 29 heavy (non-hydrogen) atoms. The van der Waals surface area contributed by atoms with Crippen molar-refractivity contribution in [2.24, 2.45) is 5.10 Å². The number of hydrogen-bond acceptors (Lipinski definition) is 7. The number of ether oxygens (including phenoxy) is 1. The predicted octanol–water partition coefficient (Wildman–Crippen LogP) is 2.88. The first kappa shape index (κ1) is 17.7. The van der Waals surface area contributed by atoms with Gasteiger partial charge >= 0.3 is 0 Å². The minimum absolute atomic E-state index is 0.188. The Kier molecular flexibility index (Phi) is 4.38. The first-order valence-corrected chi connectivity index (χ1v) is 9.87. The van der Waals surface area contributed by atoms with Crippen molar-refractivity contribution in [2.45, 2.75) is 6.54 Å². The molecular weight excluding hydrogens is 388 g/mol. The average Bonchev–Trinajstić information content (AvgIpc) is 3.36. The summed E-state index contributed by atoms with van der Waals surface area (Å²) in [5, 5.41) is 6.95. The molecule has 0 atom stereocenters. The van der Waals surface area contributed by atoms with Crippen LogP contribution in [-0.4, -0.2) is 44.1 Å². The molecule has 1 aromatic carbocycles. The van der Waals surface area contributed by atoms with E-state index in [1.165, 1.54) is 10.9 Å². The zero-order valence-electron chi connectivity index (χ0n) is 15.5. The molecule has 5 aromatic rings. The third kappa shape index (κ3) is 3.00. The highest BCUT2D eigenvalue weighted by atomic mass is 32.1. The summed E-state index contributed by atoms with van der Waals surface area (Å²) in [5.41, 5.74) is 2.68. The lowest BCUT2D eigenvalue weighted by molar-refractivity contribution is 0.186. The molecule has 0 aliphatic rings. The van der Waals surface area contributed by atoms with Gasteiger partial charge < -0.3 is 4.74 Å². The van der Waals surface area contributed by atoms with Gasteiger partial charge in [0.25, 0.3) is 5.56 Å². The smallest absolute Gasteiger partial charge is 0.265 e. The number of thiophene rings is 1. The molecule has 8 nitrogen and oxygen atoms in total. The fraction of sp³-hybridized carbons (Fsp3) is 0.150. The molecule has 0 amide bonds. The second-order valence-electron chi connectivity index (χ2n) is 6.39. The average molecular weight is 404 g/mol. The van der Waals surface area contributed by atoms with Gasteiger partial charge in [-0.3, -0.25) is 9.36 Å². The standard InChI is InChI=1S/C20H16N6O2S/c1-28-9-8-25-12-21-18-16(20(25)27)17-19(24-15-7-3-2-6-14(15)23-17)26(18)22-11-13-5-4-10-29-13/h2-7,10-12H,8-9H2,1H3. The lowest BCUT2D eigenvalue weighted by Gasteiger charge is -2.04. The van der Waals surface area contributed by atoms with E-state index in [1.54, 1.807) is 29.3 Å². The molecule has 4 aromatic heterocycles. The molecule has 0 saturated carbocycles. The van der Waals surface area contributed by atoms with Crippen LogP contribution >= 0.6 is 11.3 Å². The number of aromatic nitrogens is 5. The SMILES string of the molecule is COCCn1cnc2c(c1=O)c1nc3ccccc3nc1n2N=Cc1cccs1. The molecule has 0 aliphatic carbocycles. The number of methoxy groups -OCH3 is 1. The number of benzene rings is 1. The van der Waals surface area contributed by atoms with Gasteiger partial charge in [0, 0.05) is 12.0 Å². The number of nitrogens with zero attached hydrogens (tertiary/aromatic N) is 6. The molecule has 4 heterocycles. The van der Waals surface area contributed by atoms with Crippen molar-refractivity contribution < 1.29 is 4.74 Å². The van der Waals surface area contributed by atoms with Crippen LogP contribution in [0.4, 0.5) is 0 Å². The maximum atomic E-state index is 13.2. The van der Waals surface area contributed by atoms with Gasteiger partial charge in [-0.2, -0.15) is 9.78 Å². The predicted molar refractivity (Wildman–Crippen MR) is 114 cm³/mol. The Balaban J connectivity index is 1.84. The van der Waals surface area contributed by atoms with Gasteiger partial charge in [0.2, 0.25) is 0 Å². The van der Waals surface area contributed by atoms with E-state index in [1.807, 2.05) is 41.8 Å². The van der Waals surface area contributed by atoms with Crippen molar-refractivity contribution in [3.8, 4) is 0 Å². The van der Waals surface area contributed by atoms with Crippen molar-refractivity contribution in [3.63, 3.8) is 0 Å². The Morgan fingerprint density at radius 2 is 1.97 bits per heavy atom. The molecule has 0 bridgehead atoms. The monoisotopic (exact) mass is 404 g/mol. The van der Waals surface area contributed by atoms with E-state index in [9.17, 15) is 4.79 Å². The molecule has 0 saturated heterocycles. The summed E-state index contributed by atoms with van der Waals surface area (Å²) >= 11 is 1.57. The van der Waals surface area contributed by atoms with E-state index in [-0.39, 0.29) is 5.56 Å². The van der Waals surface area contributed by atoms with Crippen LogP contribution in [0.15, 0.2) is 58.0 Å². The maximum Gasteiger partial charge on any atom is 0.265 e. The maximum absolute atomic E-state index is 13.2. The summed E-state index contributed by atoms with van der Waals surface area (Å²) in [6, 6.07) is 11.5. The zero-order chi connectivity index (χ0) is 19.8. The summed E-state index contributed by atoms with van der Waals surface area (Å²) in [6.45, 7) is 0.821. The van der Waals surface area contributed by atoms with E-state index >= 15 is 0 Å². The summed E-state index contributed by atoms with van der Waals surface area (Å²) in [4.78, 5) is 28.1. The van der Waals surface area contributed by atoms with Gasteiger partial charge in [0.1, 0.15) is 17.2 Å². The van der Waals surface area contributed by atoms with Crippen molar-refractivity contribution in [1.29, 1.82) is 0 Å². The van der Waals surface area contributed by atoms with Gasteiger partial charge in [-0.15, -0.1) is 11.3 Å². The fourth-order valence-corrected chi connectivity index (χ4v) is 3.77. The minimum atomic E-state index is -0.188. The van der Waals surface area contributed by atoms with Crippen molar-refractivity contribution in [3.05, 3.63) is 63.3 Å². The van der Waals surface area contributed by atoms with Crippen LogP contribution in [0, 0.1) is 0 Å². The molecule has 9 heteroatoms. The van der Waals surface area contributed by atoms with Crippen LogP contribution in [0.25, 0.3) is 33.2 Å². The summed E-state index contributed by atoms with van der Waals surface area (Å²) < 4.78 is 8.21. The molecule has 0 N–H and O–H groups in total. The molecule has 0 spiro atoms. The molecule has 5 rings (SSSR count). The van der Waals surface area contributed by atoms with Crippen LogP contribution in [0.5, 0.6) is 0 Å². The fourth-order valence-electron chi connectivity index (χ4n) is 3.19. The summed E-state index contributed by atoms with van der Waals surface area (Å²) in [5.74, 6) is 0. The summed E-state index contributed by atoms with van der Waals surface area (Å²) in [7, 11) is 1.60. The van der Waals surface area contributed by atoms with E-state index in [0.717, 1.165) is 10.4 Å². The first-order chi connectivity index (χ1) is 14.3. The number of fused-ring (bicyclic) bond motifs is 4. The van der Waals surface area contributed by atoms with Crippen LogP contribution < -0.4 is 5.56 Å². The van der Waals surface area contributed by atoms with Gasteiger partial charge in [0.05, 0.1) is 30.4 Å². The third-order valence-electron chi connectivity index (χ3n) is 4.59. The van der Waals surface area contributed by atoms with Crippen LogP contribution in [-0.2, 0) is 11.3 Å². The Morgan fingerprint density at radius 3 is 2.72 bits per heavy atom. The van der Waals surface area contributed by atoms with Gasteiger partial charge in [0.15, 0.2) is 11.3 Å². The van der Waals surface area contributed by atoms with E-state index in [0.29, 0.717) is 40.9 Å². The highest BCUT2D eigenvalue weighted by Crippen LogP contribution is 2.24. The summed E-state index contributed by atoms with van der Waals surface area (Å²) in [6.07, 6.45) is 3.25. The minimum Gasteiger partial charge on any atom is -0.383 e. The normalized spacial score (nSPS) is 12.0. The van der Waals surface area contributed by atoms with Crippen molar-refractivity contribution in [2.75, 3.05) is 13.7 Å². The highest BCUT2D eigenvalue weighted by molar-refractivity contribution is 7.11. The van der Waals surface area contributed by atoms with Gasteiger partial charge in [-0.1, -0.05) is 18.2 Å². The molecule has 0 unspecified atom stereocenters. The van der Waals surface area contributed by atoms with Gasteiger partial charge in [-0.05, 0) is 23.6 Å². The number of hydrogen-bond donors (Lipinski definition) is 0. The Morgan fingerprint density at radius 1 is 1.14 bits per heavy atom. The second kappa shape index (κ2) is 7.19. The Labute approximate surface area is 168 Å². The molecule has 0 fully saturated rings. The molecular formula is C20H16N6O2S. The molecule has 0 aliphatic heterocycles. The van der Waals surface area contributed by atoms with Crippen molar-refractivity contribution in [1.82, 2.24) is 24.2 Å². The van der Waals surface area contributed by atoms with Gasteiger partial charge in [-0.25, -0.2) is 15.0 Å². The third-order valence-corrected chi connectivity index (χ3v) is 5.39. The lowest BCUT2D eigenvalue weighted by Crippen LogP contribution is -2.22. The van der Waals surface area contributed by atoms with E-state index < -0.39 is 0 Å². The Hall–Kier alpha value is -3.43. The van der Waals surface area contributed by atoms with E-state index in [4.69, 9.17) is 14.7 Å². The zero-order valence-corrected chi connectivity index (χ0v) is 16.3. The van der Waals surface area contributed by atoms with Crippen LogP contribution in [0.2, 0.25) is 0 Å². The Bertz CT molecular complexity index is 1420. The van der Waals surface area contributed by atoms with Crippen LogP contribution in [0.1, 0.15) is 4.88 Å².